The second-order valence-electron chi connectivity index (χ2n) is 9.30. The van der Waals surface area contributed by atoms with Gasteiger partial charge in [0.1, 0.15) is 29.2 Å². The maximum Gasteiger partial charge on any atom is 0.316 e. The third-order valence-corrected chi connectivity index (χ3v) is 7.41. The van der Waals surface area contributed by atoms with Crippen LogP contribution in [0.25, 0.3) is 5.69 Å². The van der Waals surface area contributed by atoms with Crippen molar-refractivity contribution in [3.05, 3.63) is 81.5 Å². The van der Waals surface area contributed by atoms with Crippen LogP contribution in [0.4, 0.5) is 18.9 Å². The lowest BCUT2D eigenvalue weighted by atomic mass is 10.1. The minimum absolute atomic E-state index is 0.0344. The molecule has 0 amide bonds. The molecule has 1 aliphatic carbocycles. The Morgan fingerprint density at radius 2 is 1.75 bits per heavy atom. The molecule has 0 bridgehead atoms. The average molecular weight is 517 g/mol. The van der Waals surface area contributed by atoms with Crippen LogP contribution in [0.2, 0.25) is 0 Å². The Kier molecular flexibility index (Phi) is 6.98. The molecule has 1 aromatic heterocycles. The molecule has 1 fully saturated rings. The van der Waals surface area contributed by atoms with Gasteiger partial charge in [0.15, 0.2) is 0 Å². The summed E-state index contributed by atoms with van der Waals surface area (Å²) in [5.74, 6) is -1.87. The number of anilines is 1. The Morgan fingerprint density at radius 3 is 2.42 bits per heavy atom. The Morgan fingerprint density at radius 1 is 1.03 bits per heavy atom. The van der Waals surface area contributed by atoms with Crippen LogP contribution in [-0.2, 0) is 12.8 Å². The first-order valence-electron chi connectivity index (χ1n) is 12.0. The summed E-state index contributed by atoms with van der Waals surface area (Å²) in [6.45, 7) is 7.19. The molecule has 1 saturated heterocycles. The maximum absolute atomic E-state index is 14.3. The minimum atomic E-state index is -0.814. The highest BCUT2D eigenvalue weighted by Crippen LogP contribution is 2.32. The molecule has 0 saturated carbocycles. The van der Waals surface area contributed by atoms with Gasteiger partial charge in [-0.25, -0.2) is 17.5 Å². The lowest BCUT2D eigenvalue weighted by Gasteiger charge is -2.36. The van der Waals surface area contributed by atoms with Crippen molar-refractivity contribution >= 4 is 17.6 Å². The molecule has 1 unspecified atom stereocenters. The number of benzene rings is 2. The van der Waals surface area contributed by atoms with Gasteiger partial charge in [-0.05, 0) is 29.3 Å². The van der Waals surface area contributed by atoms with Crippen LogP contribution in [0.15, 0.2) is 47.4 Å². The molecule has 190 valence electrons. The maximum atomic E-state index is 14.3. The summed E-state index contributed by atoms with van der Waals surface area (Å²) < 4.78 is 51.6. The molecular formula is C26H27F3N4O2S. The zero-order valence-electron chi connectivity index (χ0n) is 20.1. The van der Waals surface area contributed by atoms with Gasteiger partial charge in [-0.1, -0.05) is 37.9 Å². The minimum Gasteiger partial charge on any atom is -0.482 e. The highest BCUT2D eigenvalue weighted by molar-refractivity contribution is 7.97. The number of ether oxygens (including phenoxy) is 1. The van der Waals surface area contributed by atoms with Crippen LogP contribution < -0.4 is 15.2 Å². The van der Waals surface area contributed by atoms with Crippen molar-refractivity contribution in [1.29, 1.82) is 0 Å². The number of halogens is 3. The molecule has 5 rings (SSSR count). The molecule has 6 nitrogen and oxygen atoms in total. The average Bonchev–Trinajstić information content (AvgIpc) is 3.24. The summed E-state index contributed by atoms with van der Waals surface area (Å²) in [6.07, 6.45) is 1.85. The summed E-state index contributed by atoms with van der Waals surface area (Å²) in [5.41, 5.74) is 1.31. The van der Waals surface area contributed by atoms with Gasteiger partial charge in [0.05, 0.1) is 11.9 Å². The van der Waals surface area contributed by atoms with Crippen molar-refractivity contribution in [1.82, 2.24) is 14.1 Å². The Hall–Kier alpha value is -2.98. The summed E-state index contributed by atoms with van der Waals surface area (Å²) in [7, 11) is 0. The van der Waals surface area contributed by atoms with E-state index in [9.17, 15) is 18.0 Å². The molecule has 1 aliphatic heterocycles. The van der Waals surface area contributed by atoms with Crippen LogP contribution in [0, 0.1) is 17.5 Å². The molecule has 3 aromatic rings. The van der Waals surface area contributed by atoms with E-state index >= 15 is 0 Å². The monoisotopic (exact) mass is 516 g/mol. The van der Waals surface area contributed by atoms with E-state index in [1.807, 2.05) is 11.0 Å². The number of nitrogens with zero attached hydrogens (tertiary/aromatic N) is 4. The highest BCUT2D eigenvalue weighted by atomic mass is 32.2. The van der Waals surface area contributed by atoms with E-state index < -0.39 is 23.3 Å². The SMILES string of the molecule is CC(C)SN1CCN(c2cnn(-c3cc(F)cc(F)c3)c(=O)c2OC2Cc3cccc(F)c3C2)CC1. The molecule has 0 spiro atoms. The van der Waals surface area contributed by atoms with Crippen LogP contribution in [0.5, 0.6) is 5.75 Å². The van der Waals surface area contributed by atoms with E-state index in [4.69, 9.17) is 4.74 Å². The number of piperazine rings is 1. The van der Waals surface area contributed by atoms with Gasteiger partial charge in [-0.3, -0.25) is 4.79 Å². The second kappa shape index (κ2) is 10.2. The normalized spacial score (nSPS) is 18.1. The molecule has 2 aromatic carbocycles. The molecule has 2 aliphatic rings. The van der Waals surface area contributed by atoms with E-state index in [0.717, 1.165) is 41.5 Å². The topological polar surface area (TPSA) is 50.6 Å². The van der Waals surface area contributed by atoms with Crippen LogP contribution in [0.1, 0.15) is 25.0 Å². The quantitative estimate of drug-likeness (QED) is 0.454. The van der Waals surface area contributed by atoms with Crippen molar-refractivity contribution in [2.24, 2.45) is 0 Å². The van der Waals surface area contributed by atoms with Crippen LogP contribution in [-0.4, -0.2) is 51.6 Å². The predicted octanol–water partition coefficient (Wildman–Crippen LogP) is 4.37. The number of hydrogen-bond acceptors (Lipinski definition) is 6. The Balaban J connectivity index is 1.49. The van der Waals surface area contributed by atoms with Crippen molar-refractivity contribution < 1.29 is 17.9 Å². The largest absolute Gasteiger partial charge is 0.482 e. The molecule has 10 heteroatoms. The van der Waals surface area contributed by atoms with Gasteiger partial charge in [0, 0.05) is 50.3 Å². The standard InChI is InChI=1S/C26H27F3N4O2S/c1-16(2)36-32-8-6-31(7-9-32)24-15-30-33(20-12-18(27)11-19(28)13-20)26(34)25(24)35-21-10-17-4-3-5-23(29)22(17)14-21/h3-5,11-13,15-16,21H,6-10,14H2,1-2H3. The lowest BCUT2D eigenvalue weighted by molar-refractivity contribution is 0.209. The zero-order chi connectivity index (χ0) is 25.4. The number of fused-ring (bicyclic) bond motifs is 1. The first-order chi connectivity index (χ1) is 17.3. The summed E-state index contributed by atoms with van der Waals surface area (Å²) in [6, 6.07) is 7.76. The summed E-state index contributed by atoms with van der Waals surface area (Å²) in [4.78, 5) is 15.7. The fraction of sp³-hybridized carbons (Fsp3) is 0.385. The fourth-order valence-corrected chi connectivity index (χ4v) is 5.73. The van der Waals surface area contributed by atoms with E-state index in [-0.39, 0.29) is 17.3 Å². The van der Waals surface area contributed by atoms with Crippen LogP contribution >= 0.6 is 11.9 Å². The molecule has 1 atom stereocenters. The van der Waals surface area contributed by atoms with Gasteiger partial charge in [0.2, 0.25) is 5.75 Å². The van der Waals surface area contributed by atoms with Crippen molar-refractivity contribution in [3.8, 4) is 11.4 Å². The third-order valence-electron chi connectivity index (χ3n) is 6.33. The molecule has 2 heterocycles. The van der Waals surface area contributed by atoms with Gasteiger partial charge in [-0.2, -0.15) is 9.78 Å². The summed E-state index contributed by atoms with van der Waals surface area (Å²) >= 11 is 1.79. The fourth-order valence-electron chi connectivity index (χ4n) is 4.76. The Bertz CT molecular complexity index is 1300. The number of hydrogen-bond donors (Lipinski definition) is 0. The number of aromatic nitrogens is 2. The Labute approximate surface area is 211 Å². The second-order valence-corrected chi connectivity index (χ2v) is 11.0. The zero-order valence-corrected chi connectivity index (χ0v) is 20.9. The molecule has 0 radical (unpaired) electrons. The third kappa shape index (κ3) is 5.10. The number of rotatable bonds is 6. The van der Waals surface area contributed by atoms with E-state index in [2.05, 4.69) is 23.3 Å². The molecule has 36 heavy (non-hydrogen) atoms. The first-order valence-corrected chi connectivity index (χ1v) is 12.8. The van der Waals surface area contributed by atoms with Gasteiger partial charge in [0.25, 0.3) is 0 Å². The summed E-state index contributed by atoms with van der Waals surface area (Å²) in [5, 5.41) is 4.70. The van der Waals surface area contributed by atoms with E-state index in [1.165, 1.54) is 12.3 Å². The molecule has 0 N–H and O–H groups in total. The smallest absolute Gasteiger partial charge is 0.316 e. The van der Waals surface area contributed by atoms with Crippen molar-refractivity contribution in [2.45, 2.75) is 38.0 Å². The highest BCUT2D eigenvalue weighted by Gasteiger charge is 2.30. The van der Waals surface area contributed by atoms with Gasteiger partial charge in [-0.15, -0.1) is 0 Å². The van der Waals surface area contributed by atoms with E-state index in [0.29, 0.717) is 42.4 Å². The van der Waals surface area contributed by atoms with Gasteiger partial charge >= 0.3 is 5.56 Å². The lowest BCUT2D eigenvalue weighted by Crippen LogP contribution is -2.45. The van der Waals surface area contributed by atoms with Gasteiger partial charge < -0.3 is 9.64 Å². The van der Waals surface area contributed by atoms with E-state index in [1.54, 1.807) is 18.0 Å². The van der Waals surface area contributed by atoms with Crippen LogP contribution in [0.3, 0.4) is 0 Å². The first kappa shape index (κ1) is 24.7. The molecular weight excluding hydrogens is 489 g/mol. The predicted molar refractivity (Wildman–Crippen MR) is 134 cm³/mol. The van der Waals surface area contributed by atoms with Crippen molar-refractivity contribution in [2.75, 3.05) is 31.1 Å². The van der Waals surface area contributed by atoms with Crippen molar-refractivity contribution in [3.63, 3.8) is 0 Å².